The SMILES string of the molecule is CCc1nc(NNC(=O)C(CC2CCCC2)CN(O)C=O)c(F)c(N[C@H](C)C(=O)N(C)C)n1. The fourth-order valence-electron chi connectivity index (χ4n) is 3.89. The number of nitrogens with one attached hydrogen (secondary N) is 3. The molecule has 12 heteroatoms. The largest absolute Gasteiger partial charge is 0.356 e. The molecule has 4 N–H and O–H groups in total. The molecule has 1 aliphatic carbocycles. The minimum Gasteiger partial charge on any atom is -0.356 e. The fraction of sp³-hybridized carbons (Fsp3) is 0.667. The number of halogens is 1. The van der Waals surface area contributed by atoms with Crippen molar-refractivity contribution in [1.82, 2.24) is 25.4 Å². The zero-order valence-electron chi connectivity index (χ0n) is 19.6. The van der Waals surface area contributed by atoms with Gasteiger partial charge in [0.25, 0.3) is 0 Å². The minimum atomic E-state index is -0.852. The molecule has 0 spiro atoms. The molecule has 0 aromatic carbocycles. The molecule has 11 nitrogen and oxygen atoms in total. The summed E-state index contributed by atoms with van der Waals surface area (Å²) in [5, 5.41) is 12.8. The van der Waals surface area contributed by atoms with E-state index in [1.807, 2.05) is 0 Å². The topological polar surface area (TPSA) is 140 Å². The standard InChI is InChI=1S/C21H34FN7O4/c1-5-16-24-18(23-13(2)21(32)28(3)4)17(22)19(25-16)26-27-20(31)15(11-29(33)12-30)10-14-8-6-7-9-14/h12-15,33H,5-11H2,1-4H3,(H,27,31)(H2,23,24,25,26)/t13-,15?/m1/s1. The van der Waals surface area contributed by atoms with Crippen LogP contribution in [0, 0.1) is 17.7 Å². The van der Waals surface area contributed by atoms with E-state index >= 15 is 4.39 Å². The van der Waals surface area contributed by atoms with Gasteiger partial charge in [-0.2, -0.15) is 4.39 Å². The van der Waals surface area contributed by atoms with Crippen molar-refractivity contribution >= 4 is 29.9 Å². The van der Waals surface area contributed by atoms with E-state index in [0.717, 1.165) is 25.7 Å². The molecule has 0 saturated heterocycles. The molecule has 1 heterocycles. The van der Waals surface area contributed by atoms with E-state index in [0.29, 0.717) is 29.6 Å². The van der Waals surface area contributed by atoms with Gasteiger partial charge >= 0.3 is 0 Å². The molecule has 184 valence electrons. The van der Waals surface area contributed by atoms with Crippen molar-refractivity contribution in [2.45, 2.75) is 58.4 Å². The summed E-state index contributed by atoms with van der Waals surface area (Å²) in [6.07, 6.45) is 5.30. The highest BCUT2D eigenvalue weighted by atomic mass is 19.1. The van der Waals surface area contributed by atoms with Gasteiger partial charge in [0.2, 0.25) is 24.0 Å². The number of aromatic nitrogens is 2. The predicted molar refractivity (Wildman–Crippen MR) is 120 cm³/mol. The van der Waals surface area contributed by atoms with Gasteiger partial charge in [-0.25, -0.2) is 15.0 Å². The second-order valence-electron chi connectivity index (χ2n) is 8.53. The van der Waals surface area contributed by atoms with Crippen molar-refractivity contribution in [3.63, 3.8) is 0 Å². The minimum absolute atomic E-state index is 0.161. The molecule has 2 rings (SSSR count). The molecule has 2 atom stereocenters. The zero-order valence-corrected chi connectivity index (χ0v) is 19.6. The van der Waals surface area contributed by atoms with Crippen LogP contribution in [-0.2, 0) is 20.8 Å². The summed E-state index contributed by atoms with van der Waals surface area (Å²) in [5.41, 5.74) is 4.94. The Hall–Kier alpha value is -3.02. The summed E-state index contributed by atoms with van der Waals surface area (Å²) in [4.78, 5) is 45.3. The first-order valence-electron chi connectivity index (χ1n) is 11.2. The lowest BCUT2D eigenvalue weighted by Gasteiger charge is -2.23. The number of hydrogen-bond acceptors (Lipinski definition) is 8. The smallest absolute Gasteiger partial charge is 0.244 e. The third-order valence-corrected chi connectivity index (χ3v) is 5.67. The maximum absolute atomic E-state index is 15.0. The Balaban J connectivity index is 2.14. The van der Waals surface area contributed by atoms with Crippen LogP contribution in [0.4, 0.5) is 16.0 Å². The van der Waals surface area contributed by atoms with Crippen LogP contribution in [0.2, 0.25) is 0 Å². The summed E-state index contributed by atoms with van der Waals surface area (Å²) in [6, 6.07) is -0.730. The van der Waals surface area contributed by atoms with Gasteiger partial charge in [-0.1, -0.05) is 32.6 Å². The van der Waals surface area contributed by atoms with Gasteiger partial charge in [0.15, 0.2) is 11.6 Å². The molecular weight excluding hydrogens is 433 g/mol. The maximum Gasteiger partial charge on any atom is 0.244 e. The number of likely N-dealkylation sites (N-methyl/N-ethyl adjacent to an activating group) is 1. The Morgan fingerprint density at radius 2 is 1.88 bits per heavy atom. The summed E-state index contributed by atoms with van der Waals surface area (Å²) in [5.74, 6) is -2.06. The van der Waals surface area contributed by atoms with E-state index in [1.165, 1.54) is 4.90 Å². The van der Waals surface area contributed by atoms with Crippen molar-refractivity contribution in [3.8, 4) is 0 Å². The number of carbonyl (C=O) groups is 3. The van der Waals surface area contributed by atoms with Crippen LogP contribution in [-0.4, -0.2) is 70.0 Å². The number of carbonyl (C=O) groups excluding carboxylic acids is 3. The number of aryl methyl sites for hydroxylation is 1. The number of nitrogens with zero attached hydrogens (tertiary/aromatic N) is 4. The van der Waals surface area contributed by atoms with Crippen molar-refractivity contribution in [3.05, 3.63) is 11.6 Å². The van der Waals surface area contributed by atoms with E-state index < -0.39 is 23.7 Å². The molecule has 0 aliphatic heterocycles. The third kappa shape index (κ3) is 7.52. The lowest BCUT2D eigenvalue weighted by Crippen LogP contribution is -2.41. The molecule has 1 fully saturated rings. The highest BCUT2D eigenvalue weighted by Gasteiger charge is 2.27. The molecule has 1 aromatic heterocycles. The van der Waals surface area contributed by atoms with Gasteiger partial charge < -0.3 is 10.2 Å². The van der Waals surface area contributed by atoms with Crippen molar-refractivity contribution in [1.29, 1.82) is 0 Å². The molecule has 3 amide bonds. The Morgan fingerprint density at radius 1 is 1.24 bits per heavy atom. The highest BCUT2D eigenvalue weighted by Crippen LogP contribution is 2.30. The summed E-state index contributed by atoms with van der Waals surface area (Å²) in [7, 11) is 3.19. The van der Waals surface area contributed by atoms with Gasteiger partial charge in [0, 0.05) is 20.5 Å². The number of hydrazine groups is 1. The quantitative estimate of drug-likeness (QED) is 0.206. The van der Waals surface area contributed by atoms with E-state index in [4.69, 9.17) is 0 Å². The van der Waals surface area contributed by atoms with Gasteiger partial charge in [-0.15, -0.1) is 0 Å². The third-order valence-electron chi connectivity index (χ3n) is 5.67. The number of hydrogen-bond donors (Lipinski definition) is 4. The summed E-state index contributed by atoms with van der Waals surface area (Å²) in [6.45, 7) is 3.21. The van der Waals surface area contributed by atoms with Crippen LogP contribution < -0.4 is 16.2 Å². The van der Waals surface area contributed by atoms with Gasteiger partial charge in [-0.05, 0) is 19.3 Å². The van der Waals surface area contributed by atoms with Crippen LogP contribution in [0.15, 0.2) is 0 Å². The Bertz CT molecular complexity index is 833. The fourth-order valence-corrected chi connectivity index (χ4v) is 3.89. The first-order chi connectivity index (χ1) is 15.7. The number of rotatable bonds is 12. The second kappa shape index (κ2) is 12.3. The molecule has 0 radical (unpaired) electrons. The van der Waals surface area contributed by atoms with Gasteiger partial charge in [0.05, 0.1) is 12.5 Å². The number of anilines is 2. The van der Waals surface area contributed by atoms with Gasteiger partial charge in [-0.3, -0.25) is 30.4 Å². The summed E-state index contributed by atoms with van der Waals surface area (Å²) < 4.78 is 15.0. The van der Waals surface area contributed by atoms with Crippen LogP contribution in [0.25, 0.3) is 0 Å². The average Bonchev–Trinajstić information content (AvgIpc) is 3.31. The highest BCUT2D eigenvalue weighted by molar-refractivity contribution is 5.84. The second-order valence-corrected chi connectivity index (χ2v) is 8.53. The first kappa shape index (κ1) is 26.2. The zero-order chi connectivity index (χ0) is 24.5. The van der Waals surface area contributed by atoms with Crippen LogP contribution in [0.3, 0.4) is 0 Å². The molecule has 1 aliphatic rings. The Labute approximate surface area is 193 Å². The van der Waals surface area contributed by atoms with Crippen molar-refractivity contribution in [2.24, 2.45) is 11.8 Å². The Kier molecular flexibility index (Phi) is 9.76. The molecule has 33 heavy (non-hydrogen) atoms. The molecule has 1 saturated carbocycles. The van der Waals surface area contributed by atoms with E-state index in [1.54, 1.807) is 27.9 Å². The lowest BCUT2D eigenvalue weighted by atomic mass is 9.92. The average molecular weight is 468 g/mol. The van der Waals surface area contributed by atoms with Crippen LogP contribution >= 0.6 is 0 Å². The van der Waals surface area contributed by atoms with Crippen molar-refractivity contribution < 1.29 is 24.0 Å². The van der Waals surface area contributed by atoms with E-state index in [9.17, 15) is 19.6 Å². The normalized spacial score (nSPS) is 15.5. The summed E-state index contributed by atoms with van der Waals surface area (Å²) >= 11 is 0. The Morgan fingerprint density at radius 3 is 2.45 bits per heavy atom. The van der Waals surface area contributed by atoms with Crippen LogP contribution in [0.1, 0.15) is 51.8 Å². The number of amides is 3. The maximum atomic E-state index is 15.0. The monoisotopic (exact) mass is 467 g/mol. The van der Waals surface area contributed by atoms with Crippen molar-refractivity contribution in [2.75, 3.05) is 31.4 Å². The van der Waals surface area contributed by atoms with Crippen LogP contribution in [0.5, 0.6) is 0 Å². The van der Waals surface area contributed by atoms with Gasteiger partial charge in [0.1, 0.15) is 11.9 Å². The first-order valence-corrected chi connectivity index (χ1v) is 11.2. The van der Waals surface area contributed by atoms with E-state index in [-0.39, 0.29) is 30.5 Å². The lowest BCUT2D eigenvalue weighted by molar-refractivity contribution is -0.154. The molecule has 1 unspecified atom stereocenters. The van der Waals surface area contributed by atoms with E-state index in [2.05, 4.69) is 26.1 Å². The molecule has 0 bridgehead atoms. The predicted octanol–water partition coefficient (Wildman–Crippen LogP) is 1.55. The number of hydroxylamine groups is 2. The molecule has 1 aromatic rings. The molecular formula is C21H34FN7O4.